The molecule has 2 N–H and O–H groups in total. The van der Waals surface area contributed by atoms with E-state index in [1.54, 1.807) is 29.2 Å². The second kappa shape index (κ2) is 9.42. The smallest absolute Gasteiger partial charge is 0.321 e. The molecule has 1 aliphatic rings. The Balaban J connectivity index is 1.40. The van der Waals surface area contributed by atoms with Gasteiger partial charge in [0, 0.05) is 36.3 Å². The topological polar surface area (TPSA) is 61.4 Å². The second-order valence-corrected chi connectivity index (χ2v) is 7.16. The Kier molecular flexibility index (Phi) is 6.71. The van der Waals surface area contributed by atoms with E-state index in [4.69, 9.17) is 11.6 Å². The van der Waals surface area contributed by atoms with E-state index < -0.39 is 0 Å². The van der Waals surface area contributed by atoms with Crippen molar-refractivity contribution in [3.05, 3.63) is 65.2 Å². The van der Waals surface area contributed by atoms with Crippen molar-refractivity contribution in [2.24, 2.45) is 5.92 Å². The van der Waals surface area contributed by atoms with Crippen molar-refractivity contribution in [2.75, 3.05) is 25.0 Å². The molecular weight excluding hydrogens is 362 g/mol. The number of carbonyl (C=O) groups is 2. The zero-order valence-electron chi connectivity index (χ0n) is 15.2. The lowest BCUT2D eigenvalue weighted by Crippen LogP contribution is -2.44. The molecule has 142 valence electrons. The van der Waals surface area contributed by atoms with Crippen molar-refractivity contribution >= 4 is 29.2 Å². The number of rotatable bonds is 5. The van der Waals surface area contributed by atoms with Crippen molar-refractivity contribution < 1.29 is 9.59 Å². The number of nitrogens with one attached hydrogen (secondary N) is 2. The molecule has 1 aliphatic heterocycles. The molecule has 27 heavy (non-hydrogen) atoms. The van der Waals surface area contributed by atoms with Gasteiger partial charge in [0.25, 0.3) is 0 Å². The SMILES string of the molecule is O=C(NCCc1ccccc1)C1CCN(C(=O)Nc2cccc(Cl)c2)CC1. The van der Waals surface area contributed by atoms with E-state index in [0.29, 0.717) is 43.2 Å². The predicted octanol–water partition coefficient (Wildman–Crippen LogP) is 3.94. The fourth-order valence-corrected chi connectivity index (χ4v) is 3.42. The lowest BCUT2D eigenvalue weighted by atomic mass is 9.96. The average molecular weight is 386 g/mol. The van der Waals surface area contributed by atoms with Crippen LogP contribution in [0.15, 0.2) is 54.6 Å². The number of carbonyl (C=O) groups excluding carboxylic acids is 2. The average Bonchev–Trinajstić information content (AvgIpc) is 2.69. The first-order valence-corrected chi connectivity index (χ1v) is 9.63. The molecule has 3 rings (SSSR count). The quantitative estimate of drug-likeness (QED) is 0.818. The fraction of sp³-hybridized carbons (Fsp3) is 0.333. The van der Waals surface area contributed by atoms with Crippen molar-refractivity contribution in [3.63, 3.8) is 0 Å². The van der Waals surface area contributed by atoms with Crippen LogP contribution in [0.2, 0.25) is 5.02 Å². The Morgan fingerprint density at radius 2 is 1.78 bits per heavy atom. The number of hydrogen-bond acceptors (Lipinski definition) is 2. The van der Waals surface area contributed by atoms with Crippen molar-refractivity contribution in [2.45, 2.75) is 19.3 Å². The van der Waals surface area contributed by atoms with E-state index in [1.807, 2.05) is 18.2 Å². The number of halogens is 1. The summed E-state index contributed by atoms with van der Waals surface area (Å²) in [7, 11) is 0. The van der Waals surface area contributed by atoms with Crippen LogP contribution in [-0.2, 0) is 11.2 Å². The van der Waals surface area contributed by atoms with Crippen LogP contribution in [-0.4, -0.2) is 36.5 Å². The van der Waals surface area contributed by atoms with Crippen LogP contribution < -0.4 is 10.6 Å². The molecule has 0 spiro atoms. The second-order valence-electron chi connectivity index (χ2n) is 6.73. The van der Waals surface area contributed by atoms with Gasteiger partial charge in [-0.1, -0.05) is 48.0 Å². The van der Waals surface area contributed by atoms with Gasteiger partial charge in [-0.3, -0.25) is 4.79 Å². The van der Waals surface area contributed by atoms with E-state index >= 15 is 0 Å². The molecule has 2 aromatic carbocycles. The van der Waals surface area contributed by atoms with Crippen molar-refractivity contribution in [1.82, 2.24) is 10.2 Å². The number of nitrogens with zero attached hydrogens (tertiary/aromatic N) is 1. The molecule has 0 aromatic heterocycles. The van der Waals surface area contributed by atoms with Gasteiger partial charge in [0.2, 0.25) is 5.91 Å². The molecule has 1 heterocycles. The summed E-state index contributed by atoms with van der Waals surface area (Å²) in [4.78, 5) is 26.4. The lowest BCUT2D eigenvalue weighted by molar-refractivity contribution is -0.126. The summed E-state index contributed by atoms with van der Waals surface area (Å²) in [6, 6.07) is 17.0. The highest BCUT2D eigenvalue weighted by atomic mass is 35.5. The molecule has 6 heteroatoms. The lowest BCUT2D eigenvalue weighted by Gasteiger charge is -2.31. The monoisotopic (exact) mass is 385 g/mol. The zero-order chi connectivity index (χ0) is 19.1. The number of anilines is 1. The molecular formula is C21H24ClN3O2. The van der Waals surface area contributed by atoms with Crippen molar-refractivity contribution in [3.8, 4) is 0 Å². The molecule has 5 nitrogen and oxygen atoms in total. The van der Waals surface area contributed by atoms with Gasteiger partial charge in [-0.2, -0.15) is 0 Å². The molecule has 1 saturated heterocycles. The van der Waals surface area contributed by atoms with Crippen LogP contribution >= 0.6 is 11.6 Å². The first-order chi connectivity index (χ1) is 13.1. The van der Waals surface area contributed by atoms with Crippen LogP contribution in [0.25, 0.3) is 0 Å². The zero-order valence-corrected chi connectivity index (χ0v) is 15.9. The van der Waals surface area contributed by atoms with E-state index in [1.165, 1.54) is 5.56 Å². The maximum atomic E-state index is 12.4. The summed E-state index contributed by atoms with van der Waals surface area (Å²) < 4.78 is 0. The summed E-state index contributed by atoms with van der Waals surface area (Å²) in [6.45, 7) is 1.78. The van der Waals surface area contributed by atoms with Gasteiger partial charge in [0.05, 0.1) is 0 Å². The van der Waals surface area contributed by atoms with Crippen LogP contribution in [0.5, 0.6) is 0 Å². The van der Waals surface area contributed by atoms with E-state index in [9.17, 15) is 9.59 Å². The largest absolute Gasteiger partial charge is 0.356 e. The van der Waals surface area contributed by atoms with Gasteiger partial charge in [-0.15, -0.1) is 0 Å². The molecule has 0 aliphatic carbocycles. The van der Waals surface area contributed by atoms with Gasteiger partial charge < -0.3 is 15.5 Å². The van der Waals surface area contributed by atoms with Gasteiger partial charge in [0.1, 0.15) is 0 Å². The number of urea groups is 1. The summed E-state index contributed by atoms with van der Waals surface area (Å²) in [5, 5.41) is 6.45. The first-order valence-electron chi connectivity index (χ1n) is 9.25. The molecule has 0 atom stereocenters. The molecule has 0 saturated carbocycles. The highest BCUT2D eigenvalue weighted by Gasteiger charge is 2.27. The predicted molar refractivity (Wildman–Crippen MR) is 108 cm³/mol. The van der Waals surface area contributed by atoms with Crippen molar-refractivity contribution in [1.29, 1.82) is 0 Å². The van der Waals surface area contributed by atoms with Gasteiger partial charge >= 0.3 is 6.03 Å². The number of piperidine rings is 1. The van der Waals surface area contributed by atoms with Gasteiger partial charge in [-0.25, -0.2) is 4.79 Å². The van der Waals surface area contributed by atoms with E-state index in [0.717, 1.165) is 6.42 Å². The highest BCUT2D eigenvalue weighted by molar-refractivity contribution is 6.30. The molecule has 2 aromatic rings. The Bertz CT molecular complexity index is 774. The minimum atomic E-state index is -0.153. The Labute approximate surface area is 164 Å². The Morgan fingerprint density at radius 3 is 2.48 bits per heavy atom. The molecule has 0 bridgehead atoms. The molecule has 0 radical (unpaired) electrons. The fourth-order valence-electron chi connectivity index (χ4n) is 3.23. The van der Waals surface area contributed by atoms with Crippen LogP contribution in [0, 0.1) is 5.92 Å². The first kappa shape index (κ1) is 19.2. The van der Waals surface area contributed by atoms with Crippen LogP contribution in [0.1, 0.15) is 18.4 Å². The summed E-state index contributed by atoms with van der Waals surface area (Å²) in [5.74, 6) is 0.0526. The Hall–Kier alpha value is -2.53. The normalized spacial score (nSPS) is 14.6. The van der Waals surface area contributed by atoms with E-state index in [2.05, 4.69) is 22.8 Å². The van der Waals surface area contributed by atoms with Gasteiger partial charge in [0.15, 0.2) is 0 Å². The molecule has 3 amide bonds. The summed E-state index contributed by atoms with van der Waals surface area (Å²) in [6.07, 6.45) is 2.19. The van der Waals surface area contributed by atoms with Gasteiger partial charge in [-0.05, 0) is 43.0 Å². The third kappa shape index (κ3) is 5.73. The maximum Gasteiger partial charge on any atom is 0.321 e. The van der Waals surface area contributed by atoms with Crippen LogP contribution in [0.4, 0.5) is 10.5 Å². The van der Waals surface area contributed by atoms with E-state index in [-0.39, 0.29) is 17.9 Å². The number of likely N-dealkylation sites (tertiary alicyclic amines) is 1. The maximum absolute atomic E-state index is 12.4. The minimum Gasteiger partial charge on any atom is -0.356 e. The number of hydrogen-bond donors (Lipinski definition) is 2. The Morgan fingerprint density at radius 1 is 1.04 bits per heavy atom. The summed E-state index contributed by atoms with van der Waals surface area (Å²) >= 11 is 5.94. The molecule has 1 fully saturated rings. The van der Waals surface area contributed by atoms with Crippen LogP contribution in [0.3, 0.4) is 0 Å². The minimum absolute atomic E-state index is 0.0315. The summed E-state index contributed by atoms with van der Waals surface area (Å²) in [5.41, 5.74) is 1.89. The highest BCUT2D eigenvalue weighted by Crippen LogP contribution is 2.20. The third-order valence-corrected chi connectivity index (χ3v) is 5.02. The molecule has 0 unspecified atom stereocenters. The number of benzene rings is 2. The number of amides is 3. The third-order valence-electron chi connectivity index (χ3n) is 4.78. The standard InChI is InChI=1S/C21H24ClN3O2/c22-18-7-4-8-19(15-18)24-21(27)25-13-10-17(11-14-25)20(26)23-12-9-16-5-2-1-3-6-16/h1-8,15,17H,9-14H2,(H,23,26)(H,24,27).